The third kappa shape index (κ3) is 3.08. The Hall–Kier alpha value is -2.15. The van der Waals surface area contributed by atoms with Gasteiger partial charge in [-0.3, -0.25) is 9.69 Å². The summed E-state index contributed by atoms with van der Waals surface area (Å²) in [6.07, 6.45) is -4.46. The average Bonchev–Trinajstić information content (AvgIpc) is 2.95. The minimum atomic E-state index is -4.46. The van der Waals surface area contributed by atoms with Crippen LogP contribution in [0.25, 0.3) is 0 Å². The average molecular weight is 353 g/mol. The molecule has 24 heavy (non-hydrogen) atoms. The zero-order chi connectivity index (χ0) is 17.3. The van der Waals surface area contributed by atoms with Gasteiger partial charge in [-0.2, -0.15) is 13.2 Å². The topological polar surface area (TPSA) is 29.5 Å². The highest BCUT2D eigenvalue weighted by Crippen LogP contribution is 2.46. The Balaban J connectivity index is 2.02. The number of carbonyl (C=O) groups is 1. The van der Waals surface area contributed by atoms with Crippen LogP contribution in [-0.4, -0.2) is 18.8 Å². The summed E-state index contributed by atoms with van der Waals surface area (Å²) in [6, 6.07) is 12.1. The van der Waals surface area contributed by atoms with Gasteiger partial charge in [-0.15, -0.1) is 11.8 Å². The maximum absolute atomic E-state index is 13.3. The summed E-state index contributed by atoms with van der Waals surface area (Å²) in [7, 11) is 1.52. The Bertz CT molecular complexity index is 746. The lowest BCUT2D eigenvalue weighted by Crippen LogP contribution is -2.29. The maximum Gasteiger partial charge on any atom is 0.416 e. The largest absolute Gasteiger partial charge is 0.497 e. The number of anilines is 1. The zero-order valence-corrected chi connectivity index (χ0v) is 13.5. The Morgan fingerprint density at radius 2 is 1.79 bits per heavy atom. The number of rotatable bonds is 3. The van der Waals surface area contributed by atoms with E-state index >= 15 is 0 Å². The smallest absolute Gasteiger partial charge is 0.416 e. The second kappa shape index (κ2) is 6.39. The molecule has 1 amide bonds. The molecule has 3 nitrogen and oxygen atoms in total. The first kappa shape index (κ1) is 16.7. The van der Waals surface area contributed by atoms with Crippen LogP contribution in [0.1, 0.15) is 16.5 Å². The molecule has 1 atom stereocenters. The second-order valence-corrected chi connectivity index (χ2v) is 6.28. The standard InChI is InChI=1S/C17H14F3NO2S/c1-23-12-8-6-11(7-9-12)21-15(22)10-24-16(21)13-4-2-3-5-14(13)17(18,19)20/h2-9,16H,10H2,1H3/t16-/m0/s1. The molecule has 2 aromatic carbocycles. The van der Waals surface area contributed by atoms with Crippen LogP contribution in [0, 0.1) is 0 Å². The summed E-state index contributed by atoms with van der Waals surface area (Å²) in [4.78, 5) is 13.7. The Morgan fingerprint density at radius 3 is 2.42 bits per heavy atom. The SMILES string of the molecule is COc1ccc(N2C(=O)CS[C@H]2c2ccccc2C(F)(F)F)cc1. The summed E-state index contributed by atoms with van der Waals surface area (Å²) in [5.74, 6) is 0.542. The minimum absolute atomic E-state index is 0.0941. The van der Waals surface area contributed by atoms with Crippen LogP contribution in [0.2, 0.25) is 0 Å². The number of methoxy groups -OCH3 is 1. The Morgan fingerprint density at radius 1 is 1.12 bits per heavy atom. The number of nitrogens with zero attached hydrogens (tertiary/aromatic N) is 1. The summed E-state index contributed by atoms with van der Waals surface area (Å²) in [6.45, 7) is 0. The van der Waals surface area contributed by atoms with E-state index in [9.17, 15) is 18.0 Å². The molecule has 0 unspecified atom stereocenters. The molecular formula is C17H14F3NO2S. The molecular weight excluding hydrogens is 339 g/mol. The van der Waals surface area contributed by atoms with Gasteiger partial charge in [-0.25, -0.2) is 0 Å². The van der Waals surface area contributed by atoms with E-state index in [1.54, 1.807) is 30.3 Å². The van der Waals surface area contributed by atoms with Crippen LogP contribution < -0.4 is 9.64 Å². The summed E-state index contributed by atoms with van der Waals surface area (Å²) in [5.41, 5.74) is -0.0693. The van der Waals surface area contributed by atoms with Gasteiger partial charge >= 0.3 is 6.18 Å². The van der Waals surface area contributed by atoms with Gasteiger partial charge in [0.2, 0.25) is 5.91 Å². The van der Waals surface area contributed by atoms with Crippen molar-refractivity contribution in [2.75, 3.05) is 17.8 Å². The van der Waals surface area contributed by atoms with Gasteiger partial charge in [-0.1, -0.05) is 18.2 Å². The van der Waals surface area contributed by atoms with Crippen molar-refractivity contribution in [1.29, 1.82) is 0 Å². The predicted molar refractivity (Wildman–Crippen MR) is 87.1 cm³/mol. The first-order valence-electron chi connectivity index (χ1n) is 7.15. The molecule has 0 N–H and O–H groups in total. The number of hydrogen-bond donors (Lipinski definition) is 0. The number of carbonyl (C=O) groups excluding carboxylic acids is 1. The number of hydrogen-bond acceptors (Lipinski definition) is 3. The molecule has 7 heteroatoms. The van der Waals surface area contributed by atoms with E-state index in [0.717, 1.165) is 6.07 Å². The highest BCUT2D eigenvalue weighted by Gasteiger charge is 2.40. The van der Waals surface area contributed by atoms with Crippen LogP contribution in [0.3, 0.4) is 0 Å². The fourth-order valence-corrected chi connectivity index (χ4v) is 3.86. The van der Waals surface area contributed by atoms with Gasteiger partial charge in [0, 0.05) is 5.69 Å². The lowest BCUT2D eigenvalue weighted by Gasteiger charge is -2.26. The molecule has 0 radical (unpaired) electrons. The van der Waals surface area contributed by atoms with Crippen LogP contribution in [-0.2, 0) is 11.0 Å². The lowest BCUT2D eigenvalue weighted by molar-refractivity contribution is -0.138. The summed E-state index contributed by atoms with van der Waals surface area (Å²) in [5, 5.41) is -0.705. The molecule has 126 valence electrons. The number of halogens is 3. The molecule has 2 aromatic rings. The highest BCUT2D eigenvalue weighted by molar-refractivity contribution is 8.00. The molecule has 1 aliphatic rings. The molecule has 0 aromatic heterocycles. The van der Waals surface area contributed by atoms with Gasteiger partial charge < -0.3 is 4.74 Å². The van der Waals surface area contributed by atoms with Gasteiger partial charge in [0.05, 0.1) is 18.4 Å². The van der Waals surface area contributed by atoms with Crippen LogP contribution >= 0.6 is 11.8 Å². The van der Waals surface area contributed by atoms with Gasteiger partial charge in [0.1, 0.15) is 11.1 Å². The van der Waals surface area contributed by atoms with Crippen molar-refractivity contribution in [2.45, 2.75) is 11.6 Å². The Labute approximate surface area is 141 Å². The normalized spacial score (nSPS) is 18.1. The van der Waals surface area contributed by atoms with Crippen molar-refractivity contribution in [3.8, 4) is 5.75 Å². The molecule has 1 fully saturated rings. The predicted octanol–water partition coefficient (Wildman–Crippen LogP) is 4.49. The van der Waals surface area contributed by atoms with Crippen molar-refractivity contribution in [3.05, 3.63) is 59.7 Å². The molecule has 1 saturated heterocycles. The van der Waals surface area contributed by atoms with Crippen LogP contribution in [0.15, 0.2) is 48.5 Å². The first-order chi connectivity index (χ1) is 11.4. The molecule has 1 aliphatic heterocycles. The quantitative estimate of drug-likeness (QED) is 0.814. The molecule has 0 saturated carbocycles. The van der Waals surface area contributed by atoms with E-state index in [4.69, 9.17) is 4.74 Å². The third-order valence-electron chi connectivity index (χ3n) is 3.75. The number of amides is 1. The fraction of sp³-hybridized carbons (Fsp3) is 0.235. The lowest BCUT2D eigenvalue weighted by atomic mass is 10.1. The van der Waals surface area contributed by atoms with Crippen molar-refractivity contribution >= 4 is 23.4 Å². The van der Waals surface area contributed by atoms with Crippen molar-refractivity contribution in [3.63, 3.8) is 0 Å². The van der Waals surface area contributed by atoms with Crippen molar-refractivity contribution in [2.24, 2.45) is 0 Å². The monoisotopic (exact) mass is 353 g/mol. The van der Waals surface area contributed by atoms with Gasteiger partial charge in [0.15, 0.2) is 0 Å². The maximum atomic E-state index is 13.3. The van der Waals surface area contributed by atoms with Crippen molar-refractivity contribution < 1.29 is 22.7 Å². The summed E-state index contributed by atoms with van der Waals surface area (Å²) < 4.78 is 45.0. The van der Waals surface area contributed by atoms with E-state index in [1.807, 2.05) is 0 Å². The summed E-state index contributed by atoms with van der Waals surface area (Å²) >= 11 is 1.19. The number of benzene rings is 2. The number of alkyl halides is 3. The molecule has 0 aliphatic carbocycles. The zero-order valence-electron chi connectivity index (χ0n) is 12.7. The Kier molecular flexibility index (Phi) is 4.45. The second-order valence-electron chi connectivity index (χ2n) is 5.21. The number of ether oxygens (including phenoxy) is 1. The van der Waals surface area contributed by atoms with Crippen LogP contribution in [0.5, 0.6) is 5.75 Å². The first-order valence-corrected chi connectivity index (χ1v) is 8.20. The van der Waals surface area contributed by atoms with E-state index in [1.165, 1.54) is 35.9 Å². The van der Waals surface area contributed by atoms with E-state index in [2.05, 4.69) is 0 Å². The molecule has 3 rings (SSSR count). The highest BCUT2D eigenvalue weighted by atomic mass is 32.2. The van der Waals surface area contributed by atoms with E-state index in [0.29, 0.717) is 11.4 Å². The minimum Gasteiger partial charge on any atom is -0.497 e. The molecule has 0 bridgehead atoms. The van der Waals surface area contributed by atoms with Crippen LogP contribution in [0.4, 0.5) is 18.9 Å². The molecule has 0 spiro atoms. The molecule has 1 heterocycles. The van der Waals surface area contributed by atoms with E-state index in [-0.39, 0.29) is 17.2 Å². The van der Waals surface area contributed by atoms with E-state index < -0.39 is 17.1 Å². The number of thioether (sulfide) groups is 1. The van der Waals surface area contributed by atoms with Crippen molar-refractivity contribution in [1.82, 2.24) is 0 Å². The van der Waals surface area contributed by atoms with Gasteiger partial charge in [0.25, 0.3) is 0 Å². The third-order valence-corrected chi connectivity index (χ3v) is 4.94. The fourth-order valence-electron chi connectivity index (χ4n) is 2.65. The van der Waals surface area contributed by atoms with Gasteiger partial charge in [-0.05, 0) is 35.9 Å².